The fourth-order valence-corrected chi connectivity index (χ4v) is 4.78. The molecule has 0 spiro atoms. The van der Waals surface area contributed by atoms with Gasteiger partial charge in [0.1, 0.15) is 18.8 Å². The molecule has 8 nitrogen and oxygen atoms in total. The third kappa shape index (κ3) is 5.77. The molecule has 0 aliphatic carbocycles. The molecule has 36 heavy (non-hydrogen) atoms. The van der Waals surface area contributed by atoms with Crippen LogP contribution in [0, 0.1) is 12.8 Å². The number of amides is 1. The number of ether oxygens (including phenoxy) is 2. The molecule has 3 heterocycles. The van der Waals surface area contributed by atoms with E-state index in [1.54, 1.807) is 41.6 Å². The van der Waals surface area contributed by atoms with Gasteiger partial charge in [-0.1, -0.05) is 31.7 Å². The first-order chi connectivity index (χ1) is 17.4. The minimum absolute atomic E-state index is 0.00864. The van der Waals surface area contributed by atoms with Crippen LogP contribution in [0.4, 0.5) is 0 Å². The van der Waals surface area contributed by atoms with Crippen molar-refractivity contribution in [2.45, 2.75) is 33.2 Å². The van der Waals surface area contributed by atoms with Crippen molar-refractivity contribution in [3.05, 3.63) is 65.0 Å². The Morgan fingerprint density at radius 2 is 2.03 bits per heavy atom. The summed E-state index contributed by atoms with van der Waals surface area (Å²) < 4.78 is 11.2. The maximum Gasteiger partial charge on any atom is 0.295 e. The molecule has 2 aliphatic heterocycles. The van der Waals surface area contributed by atoms with Crippen LogP contribution in [0.25, 0.3) is 5.76 Å². The number of carbonyl (C=O) groups excluding carboxylic acids is 2. The minimum Gasteiger partial charge on any atom is -0.872 e. The van der Waals surface area contributed by atoms with Gasteiger partial charge in [0, 0.05) is 30.9 Å². The van der Waals surface area contributed by atoms with Crippen LogP contribution in [-0.2, 0) is 14.3 Å². The Kier molecular flexibility index (Phi) is 8.38. The number of ketones is 1. The van der Waals surface area contributed by atoms with Gasteiger partial charge in [0.25, 0.3) is 5.91 Å². The highest BCUT2D eigenvalue weighted by atomic mass is 16.5. The molecule has 2 aliphatic rings. The molecule has 0 bridgehead atoms. The molecular formula is C28H35N3O5. The molecule has 1 unspecified atom stereocenters. The third-order valence-corrected chi connectivity index (χ3v) is 6.68. The molecule has 2 aromatic rings. The number of Topliss-reactive ketones (excluding diaryl/α,β-unsaturated/α-hetero) is 1. The van der Waals surface area contributed by atoms with Gasteiger partial charge in [0.2, 0.25) is 5.78 Å². The zero-order valence-corrected chi connectivity index (χ0v) is 21.3. The van der Waals surface area contributed by atoms with E-state index in [0.717, 1.165) is 39.3 Å². The van der Waals surface area contributed by atoms with Gasteiger partial charge < -0.3 is 24.4 Å². The smallest absolute Gasteiger partial charge is 0.295 e. The van der Waals surface area contributed by atoms with Crippen molar-refractivity contribution in [1.82, 2.24) is 9.88 Å². The lowest BCUT2D eigenvalue weighted by molar-refractivity contribution is -0.908. The zero-order chi connectivity index (χ0) is 25.7. The van der Waals surface area contributed by atoms with Crippen LogP contribution in [0.3, 0.4) is 0 Å². The van der Waals surface area contributed by atoms with Crippen LogP contribution in [0.1, 0.15) is 43.0 Å². The predicted molar refractivity (Wildman–Crippen MR) is 133 cm³/mol. The number of aryl methyl sites for hydroxylation is 1. The first-order valence-electron chi connectivity index (χ1n) is 12.7. The predicted octanol–water partition coefficient (Wildman–Crippen LogP) is 0.954. The lowest BCUT2D eigenvalue weighted by Gasteiger charge is -2.29. The largest absolute Gasteiger partial charge is 0.872 e. The summed E-state index contributed by atoms with van der Waals surface area (Å²) in [5.41, 5.74) is 1.75. The van der Waals surface area contributed by atoms with Gasteiger partial charge >= 0.3 is 0 Å². The minimum atomic E-state index is -0.748. The highest BCUT2D eigenvalue weighted by Gasteiger charge is 2.44. The second kappa shape index (κ2) is 11.7. The number of hydrogen-bond donors (Lipinski definition) is 1. The Morgan fingerprint density at radius 3 is 2.69 bits per heavy atom. The summed E-state index contributed by atoms with van der Waals surface area (Å²) in [5, 5.41) is 13.7. The van der Waals surface area contributed by atoms with E-state index in [0.29, 0.717) is 41.5 Å². The average molecular weight is 494 g/mol. The van der Waals surface area contributed by atoms with Crippen LogP contribution in [0.2, 0.25) is 0 Å². The number of benzene rings is 1. The second-order valence-corrected chi connectivity index (χ2v) is 9.91. The highest BCUT2D eigenvalue weighted by molar-refractivity contribution is 6.46. The fourth-order valence-electron chi connectivity index (χ4n) is 4.78. The van der Waals surface area contributed by atoms with Gasteiger partial charge in [-0.05, 0) is 47.7 Å². The number of nitrogens with zero attached hydrogens (tertiary/aromatic N) is 2. The molecule has 8 heteroatoms. The summed E-state index contributed by atoms with van der Waals surface area (Å²) in [7, 11) is 0. The highest BCUT2D eigenvalue weighted by Crippen LogP contribution is 2.39. The monoisotopic (exact) mass is 493 g/mol. The molecular weight excluding hydrogens is 458 g/mol. The van der Waals surface area contributed by atoms with Crippen molar-refractivity contribution in [3.63, 3.8) is 0 Å². The Hall–Kier alpha value is -3.23. The standard InChI is InChI=1S/C28H35N3O5/c1-19(2)18-36-22-7-8-23(20(3)16-22)26(32)24-25(21-6-4-9-29-17-21)31(28(34)27(24)33)11-5-10-30-12-14-35-15-13-30/h4,6-9,16-17,19,25,32H,5,10-15,18H2,1-3H3. The lowest BCUT2D eigenvalue weighted by Crippen LogP contribution is -3.14. The normalized spacial score (nSPS) is 20.3. The molecule has 4 rings (SSSR count). The van der Waals surface area contributed by atoms with Crippen LogP contribution < -0.4 is 14.7 Å². The molecule has 1 amide bonds. The Balaban J connectivity index is 1.63. The topological polar surface area (TPSA) is 96.2 Å². The van der Waals surface area contributed by atoms with Gasteiger partial charge in [0.15, 0.2) is 0 Å². The number of pyridine rings is 1. The molecule has 0 radical (unpaired) electrons. The SMILES string of the molecule is Cc1cc(OCC(C)C)ccc1C([O-])=C1C(=O)C(=O)N(CCC[NH+]2CCOCC2)C1c1cccnc1. The van der Waals surface area contributed by atoms with Gasteiger partial charge in [0.05, 0.1) is 32.4 Å². The number of rotatable bonds is 9. The number of hydrogen-bond acceptors (Lipinski definition) is 6. The first-order valence-corrected chi connectivity index (χ1v) is 12.7. The van der Waals surface area contributed by atoms with Crippen molar-refractivity contribution in [2.75, 3.05) is 46.0 Å². The summed E-state index contributed by atoms with van der Waals surface area (Å²) in [4.78, 5) is 33.5. The van der Waals surface area contributed by atoms with Gasteiger partial charge in [-0.2, -0.15) is 0 Å². The number of quaternary nitrogens is 1. The van der Waals surface area contributed by atoms with Crippen molar-refractivity contribution in [2.24, 2.45) is 5.92 Å². The molecule has 0 saturated carbocycles. The molecule has 1 atom stereocenters. The molecule has 1 aromatic carbocycles. The number of aromatic nitrogens is 1. The summed E-state index contributed by atoms with van der Waals surface area (Å²) in [6, 6.07) is 8.05. The second-order valence-electron chi connectivity index (χ2n) is 9.91. The van der Waals surface area contributed by atoms with Gasteiger partial charge in [-0.3, -0.25) is 14.6 Å². The molecule has 1 aromatic heterocycles. The summed E-state index contributed by atoms with van der Waals surface area (Å²) in [5.74, 6) is -0.727. The van der Waals surface area contributed by atoms with E-state index in [4.69, 9.17) is 9.47 Å². The molecule has 1 N–H and O–H groups in total. The van der Waals surface area contributed by atoms with E-state index in [1.165, 1.54) is 4.90 Å². The molecule has 2 saturated heterocycles. The summed E-state index contributed by atoms with van der Waals surface area (Å²) in [6.45, 7) is 11.1. The Bertz CT molecular complexity index is 1110. The van der Waals surface area contributed by atoms with E-state index in [-0.39, 0.29) is 5.57 Å². The lowest BCUT2D eigenvalue weighted by atomic mass is 9.94. The van der Waals surface area contributed by atoms with Crippen LogP contribution in [-0.4, -0.2) is 67.6 Å². The van der Waals surface area contributed by atoms with Crippen molar-refractivity contribution >= 4 is 17.4 Å². The zero-order valence-electron chi connectivity index (χ0n) is 21.3. The number of carbonyl (C=O) groups is 2. The number of morpholine rings is 1. The van der Waals surface area contributed by atoms with E-state index < -0.39 is 23.5 Å². The fraction of sp³-hybridized carbons (Fsp3) is 0.464. The molecule has 192 valence electrons. The van der Waals surface area contributed by atoms with E-state index in [9.17, 15) is 14.7 Å². The van der Waals surface area contributed by atoms with E-state index in [1.807, 2.05) is 13.0 Å². The number of likely N-dealkylation sites (tertiary alicyclic amines) is 1. The maximum atomic E-state index is 13.7. The summed E-state index contributed by atoms with van der Waals surface area (Å²) >= 11 is 0. The average Bonchev–Trinajstić information content (AvgIpc) is 3.13. The quantitative estimate of drug-likeness (QED) is 0.318. The summed E-state index contributed by atoms with van der Waals surface area (Å²) in [6.07, 6.45) is 3.99. The van der Waals surface area contributed by atoms with Gasteiger partial charge in [-0.25, -0.2) is 0 Å². The third-order valence-electron chi connectivity index (χ3n) is 6.68. The van der Waals surface area contributed by atoms with E-state index in [2.05, 4.69) is 18.8 Å². The molecule has 2 fully saturated rings. The van der Waals surface area contributed by atoms with Crippen molar-refractivity contribution < 1.29 is 29.1 Å². The Morgan fingerprint density at radius 1 is 1.25 bits per heavy atom. The van der Waals surface area contributed by atoms with Crippen molar-refractivity contribution in [3.8, 4) is 5.75 Å². The number of nitrogens with one attached hydrogen (secondary N) is 1. The van der Waals surface area contributed by atoms with Crippen LogP contribution >= 0.6 is 0 Å². The van der Waals surface area contributed by atoms with Crippen LogP contribution in [0.15, 0.2) is 48.3 Å². The van der Waals surface area contributed by atoms with Gasteiger partial charge in [-0.15, -0.1) is 0 Å². The first kappa shape index (κ1) is 25.9. The van der Waals surface area contributed by atoms with Crippen LogP contribution in [0.5, 0.6) is 5.75 Å². The van der Waals surface area contributed by atoms with E-state index >= 15 is 0 Å². The Labute approximate surface area is 212 Å². The maximum absolute atomic E-state index is 13.7. The van der Waals surface area contributed by atoms with Crippen molar-refractivity contribution in [1.29, 1.82) is 0 Å².